The first-order chi connectivity index (χ1) is 35.9. The summed E-state index contributed by atoms with van der Waals surface area (Å²) >= 11 is 0. The molecule has 3 atom stereocenters. The van der Waals surface area contributed by atoms with E-state index in [1.165, 1.54) is 6.26 Å². The number of hydrogen-bond donors (Lipinski definition) is 5. The SMILES string of the molecule is C[C@@H]1CCCOc2c(cnn2C)-c2cc(cc(CCn3ncc4c3OCCC[C@@H](C)CN3/C(=N/C(=O)c5cc-4n4nccc4c5)Nc4ccc(N[SH](C)(C)=O)cc43)n2)C(=O)/N=C2\Nc3ccc(S(C)(=N)=O)cc3N2C1. The molecule has 21 nitrogen and oxygen atoms in total. The van der Waals surface area contributed by atoms with Crippen molar-refractivity contribution in [2.45, 2.75) is 57.4 Å². The summed E-state index contributed by atoms with van der Waals surface area (Å²) in [6, 6.07) is 19.7. The maximum atomic E-state index is 14.5. The maximum Gasteiger partial charge on any atom is 0.280 e. The van der Waals surface area contributed by atoms with Crippen molar-refractivity contribution >= 4 is 77.5 Å². The third-order valence-electron chi connectivity index (χ3n) is 13.6. The summed E-state index contributed by atoms with van der Waals surface area (Å²) in [4.78, 5) is 47.7. The lowest BCUT2D eigenvalue weighted by atomic mass is 10.1. The summed E-state index contributed by atoms with van der Waals surface area (Å²) in [6.07, 6.45) is 13.2. The fourth-order valence-corrected chi connectivity index (χ4v) is 11.4. The second kappa shape index (κ2) is 19.4. The standard InChI is InChI=1S/C52H59N15O6S2/c1-31-10-8-20-73-50-40(44-24-34(22-37-15-17-54-67(37)44)48(69)61-51-58-41-13-11-36(62-74(4,5)70)25-45(41)64(51)29-31)28-56-66(50)18-16-35-21-33-23-43(57-35)39-27-55-63(3)49(39)72-19-7-9-32(2)30-65-46-26-38(75(6,53)71)12-14-42(46)59-52(65)60-47(33)68/h11-15,17,21-28,31-32,53,74H,7-10,16,18-20,29-30H2,1-6H3,(H,62,70)(H,58,61,69)(H,59,60,68)/t31-,32-,75?/m1/s1. The fraction of sp³-hybridized carbons (Fsp3) is 0.346. The molecule has 0 fully saturated rings. The van der Waals surface area contributed by atoms with Gasteiger partial charge in [0.2, 0.25) is 23.7 Å². The summed E-state index contributed by atoms with van der Waals surface area (Å²) in [7, 11) is -3.81. The lowest BCUT2D eigenvalue weighted by Crippen LogP contribution is -2.35. The van der Waals surface area contributed by atoms with Gasteiger partial charge in [-0.2, -0.15) is 25.3 Å². The van der Waals surface area contributed by atoms with E-state index in [1.807, 2.05) is 41.1 Å². The van der Waals surface area contributed by atoms with E-state index in [2.05, 4.69) is 49.4 Å². The Morgan fingerprint density at radius 3 is 2.11 bits per heavy atom. The Bertz CT molecular complexity index is 3670. The first kappa shape index (κ1) is 49.3. The number of aryl methyl sites for hydroxylation is 3. The topological polar surface area (TPSA) is 244 Å². The van der Waals surface area contributed by atoms with Crippen molar-refractivity contribution in [2.75, 3.05) is 70.2 Å². The number of aromatic nitrogens is 7. The smallest absolute Gasteiger partial charge is 0.280 e. The molecule has 11 rings (SSSR count). The van der Waals surface area contributed by atoms with E-state index in [-0.39, 0.29) is 11.8 Å². The second-order valence-corrected chi connectivity index (χ2v) is 25.3. The van der Waals surface area contributed by atoms with Crippen LogP contribution in [0.3, 0.4) is 0 Å². The lowest BCUT2D eigenvalue weighted by Gasteiger charge is -2.24. The van der Waals surface area contributed by atoms with Crippen LogP contribution in [0.4, 0.5) is 28.4 Å². The molecule has 2 aromatic carbocycles. The zero-order valence-corrected chi connectivity index (χ0v) is 44.2. The number of ether oxygens (including phenoxy) is 2. The zero-order chi connectivity index (χ0) is 52.3. The number of benzene rings is 2. The number of guanidine groups is 2. The number of carbonyl (C=O) groups is 2. The van der Waals surface area contributed by atoms with Gasteiger partial charge in [-0.05, 0) is 114 Å². The highest BCUT2D eigenvalue weighted by atomic mass is 32.3. The Labute approximate surface area is 435 Å². The predicted molar refractivity (Wildman–Crippen MR) is 293 cm³/mol. The number of anilines is 5. The van der Waals surface area contributed by atoms with E-state index in [0.717, 1.165) is 30.6 Å². The largest absolute Gasteiger partial charge is 0.477 e. The Kier molecular flexibility index (Phi) is 12.8. The van der Waals surface area contributed by atoms with E-state index in [0.29, 0.717) is 136 Å². The molecule has 4 aliphatic rings. The molecule has 7 aromatic rings. The van der Waals surface area contributed by atoms with Crippen LogP contribution in [-0.2, 0) is 39.9 Å². The molecule has 4 N–H and O–H groups in total. The van der Waals surface area contributed by atoms with Gasteiger partial charge in [0, 0.05) is 72.7 Å². The molecule has 0 aliphatic carbocycles. The molecule has 2 amide bonds. The molecule has 0 spiro atoms. The van der Waals surface area contributed by atoms with Crippen LogP contribution in [0, 0.1) is 16.6 Å². The quantitative estimate of drug-likeness (QED) is 0.102. The number of pyridine rings is 2. The number of hydrogen-bond acceptors (Lipinski definition) is 15. The van der Waals surface area contributed by atoms with Crippen LogP contribution >= 0.6 is 0 Å². The van der Waals surface area contributed by atoms with E-state index < -0.39 is 31.7 Å². The minimum atomic E-state index is -3.02. The van der Waals surface area contributed by atoms with Crippen molar-refractivity contribution < 1.29 is 27.5 Å². The van der Waals surface area contributed by atoms with Crippen molar-refractivity contribution in [1.29, 1.82) is 4.78 Å². The van der Waals surface area contributed by atoms with Gasteiger partial charge in [-0.25, -0.2) is 22.9 Å². The van der Waals surface area contributed by atoms with E-state index in [4.69, 9.17) is 24.3 Å². The molecule has 4 aliphatic heterocycles. The highest BCUT2D eigenvalue weighted by molar-refractivity contribution is 8.02. The van der Waals surface area contributed by atoms with Crippen LogP contribution in [0.15, 0.2) is 100 Å². The number of amides is 2. The number of carbonyl (C=O) groups excluding carboxylic acids is 2. The van der Waals surface area contributed by atoms with Gasteiger partial charge in [0.1, 0.15) is 0 Å². The van der Waals surface area contributed by atoms with E-state index in [1.54, 1.807) is 87.4 Å². The molecule has 75 heavy (non-hydrogen) atoms. The Balaban J connectivity index is 0.939. The molecule has 4 bridgehead atoms. The van der Waals surface area contributed by atoms with Crippen molar-refractivity contribution in [3.8, 4) is 34.3 Å². The number of thiol groups is 1. The Hall–Kier alpha value is -7.92. The van der Waals surface area contributed by atoms with Crippen LogP contribution in [-0.4, -0.2) is 111 Å². The third kappa shape index (κ3) is 10.1. The number of rotatable bonds is 6. The molecule has 0 saturated heterocycles. The average Bonchev–Trinajstić information content (AvgIpc) is 4.23. The molecular weight excluding hydrogens is 995 g/mol. The first-order valence-electron chi connectivity index (χ1n) is 25.0. The summed E-state index contributed by atoms with van der Waals surface area (Å²) in [5.41, 5.74) is 7.93. The predicted octanol–water partition coefficient (Wildman–Crippen LogP) is 7.35. The number of aliphatic imine (C=N–C) groups is 2. The van der Waals surface area contributed by atoms with E-state index >= 15 is 0 Å². The van der Waals surface area contributed by atoms with Gasteiger partial charge in [0.05, 0.1) is 98.9 Å². The van der Waals surface area contributed by atoms with Crippen LogP contribution in [0.2, 0.25) is 0 Å². The lowest BCUT2D eigenvalue weighted by molar-refractivity contribution is 0.0994. The minimum Gasteiger partial charge on any atom is -0.477 e. The Morgan fingerprint density at radius 1 is 0.787 bits per heavy atom. The van der Waals surface area contributed by atoms with Crippen molar-refractivity contribution in [1.82, 2.24) is 34.2 Å². The van der Waals surface area contributed by atoms with Gasteiger partial charge < -0.3 is 34.6 Å². The maximum absolute atomic E-state index is 14.5. The molecule has 9 heterocycles. The molecule has 1 unspecified atom stereocenters. The number of nitrogens with one attached hydrogen (secondary N) is 4. The fourth-order valence-electron chi connectivity index (χ4n) is 9.98. The van der Waals surface area contributed by atoms with Crippen LogP contribution in [0.25, 0.3) is 28.0 Å². The molecule has 0 radical (unpaired) electrons. The summed E-state index contributed by atoms with van der Waals surface area (Å²) < 4.78 is 55.3. The second-order valence-electron chi connectivity index (χ2n) is 20.2. The highest BCUT2D eigenvalue weighted by Crippen LogP contribution is 2.39. The monoisotopic (exact) mass is 1050 g/mol. The van der Waals surface area contributed by atoms with Gasteiger partial charge in [0.15, 0.2) is 0 Å². The molecule has 5 aromatic heterocycles. The van der Waals surface area contributed by atoms with Gasteiger partial charge >= 0.3 is 0 Å². The number of nitrogens with zero attached hydrogens (tertiary/aromatic N) is 11. The van der Waals surface area contributed by atoms with Gasteiger partial charge in [-0.15, -0.1) is 0 Å². The molecule has 23 heteroatoms. The van der Waals surface area contributed by atoms with E-state index in [9.17, 15) is 18.0 Å². The average molecular weight is 1050 g/mol. The van der Waals surface area contributed by atoms with Crippen LogP contribution in [0.1, 0.15) is 65.9 Å². The summed E-state index contributed by atoms with van der Waals surface area (Å²) in [6.45, 7) is 6.42. The van der Waals surface area contributed by atoms with Gasteiger partial charge in [0.25, 0.3) is 11.8 Å². The first-order valence-corrected chi connectivity index (χ1v) is 29.5. The zero-order valence-electron chi connectivity index (χ0n) is 42.5. The van der Waals surface area contributed by atoms with Crippen molar-refractivity contribution in [2.24, 2.45) is 28.9 Å². The van der Waals surface area contributed by atoms with Crippen LogP contribution < -0.4 is 34.6 Å². The highest BCUT2D eigenvalue weighted by Gasteiger charge is 2.32. The normalized spacial score (nSPS) is 20.4. The molecular formula is C52H59N15O6S2. The van der Waals surface area contributed by atoms with Crippen molar-refractivity contribution in [3.63, 3.8) is 0 Å². The molecule has 390 valence electrons. The molecule has 0 saturated carbocycles. The van der Waals surface area contributed by atoms with Crippen LogP contribution in [0.5, 0.6) is 11.8 Å². The van der Waals surface area contributed by atoms with Crippen molar-refractivity contribution in [3.05, 3.63) is 102 Å². The Morgan fingerprint density at radius 2 is 1.43 bits per heavy atom. The number of fused-ring (bicyclic) bond motifs is 16. The summed E-state index contributed by atoms with van der Waals surface area (Å²) in [5, 5.41) is 20.7. The van der Waals surface area contributed by atoms with Gasteiger partial charge in [-0.3, -0.25) is 18.8 Å². The third-order valence-corrected chi connectivity index (χ3v) is 15.6. The van der Waals surface area contributed by atoms with Gasteiger partial charge in [-0.1, -0.05) is 13.8 Å². The summed E-state index contributed by atoms with van der Waals surface area (Å²) in [5.74, 6) is 1.07. The minimum absolute atomic E-state index is 0.142.